The van der Waals surface area contributed by atoms with Crippen LogP contribution in [0.15, 0.2) is 67.0 Å². The predicted octanol–water partition coefficient (Wildman–Crippen LogP) is 4.67. The number of carbonyl (C=O) groups excluding carboxylic acids is 1. The van der Waals surface area contributed by atoms with Gasteiger partial charge in [0.15, 0.2) is 5.82 Å². The molecule has 0 bridgehead atoms. The zero-order valence-electron chi connectivity index (χ0n) is 18.6. The number of urea groups is 1. The molecule has 2 amide bonds. The van der Waals surface area contributed by atoms with Gasteiger partial charge >= 0.3 is 6.03 Å². The van der Waals surface area contributed by atoms with E-state index in [4.69, 9.17) is 19.9 Å². The van der Waals surface area contributed by atoms with Gasteiger partial charge in [0.25, 0.3) is 0 Å². The van der Waals surface area contributed by atoms with Crippen LogP contribution in [0.4, 0.5) is 20.7 Å². The molecule has 0 aliphatic rings. The smallest absolute Gasteiger partial charge is 0.325 e. The molecule has 0 aliphatic carbocycles. The lowest BCUT2D eigenvalue weighted by Gasteiger charge is -2.20. The highest BCUT2D eigenvalue weighted by molar-refractivity contribution is 5.97. The standard InChI is InChI=1S/C25H20FN5O4/c1-33-10-11-34-23-14-20-18(12-16(23)15-27)22(7-9-29-20)35-17-5-6-21(19(26)13-17)31(25(28)32)24-4-2-3-8-30-24/h2-9,12-14H,10-11H2,1H3,(H2,28,32). The quantitative estimate of drug-likeness (QED) is 0.369. The number of anilines is 2. The third-order valence-electron chi connectivity index (χ3n) is 4.95. The number of primary amides is 1. The first-order valence-electron chi connectivity index (χ1n) is 10.4. The number of fused-ring (bicyclic) bond motifs is 1. The molecule has 2 aromatic carbocycles. The SMILES string of the molecule is COCCOc1cc2nccc(Oc3ccc(N(C(N)=O)c4ccccn4)c(F)c3)c2cc1C#N. The predicted molar refractivity (Wildman–Crippen MR) is 126 cm³/mol. The van der Waals surface area contributed by atoms with Gasteiger partial charge in [-0.3, -0.25) is 4.98 Å². The number of amides is 2. The van der Waals surface area contributed by atoms with Crippen molar-refractivity contribution in [3.8, 4) is 23.3 Å². The van der Waals surface area contributed by atoms with E-state index in [2.05, 4.69) is 16.0 Å². The molecule has 0 radical (unpaired) electrons. The summed E-state index contributed by atoms with van der Waals surface area (Å²) in [6, 6.07) is 14.9. The lowest BCUT2D eigenvalue weighted by Crippen LogP contribution is -2.32. The molecule has 4 aromatic rings. The van der Waals surface area contributed by atoms with E-state index in [1.54, 1.807) is 37.4 Å². The number of nitriles is 1. The van der Waals surface area contributed by atoms with Crippen LogP contribution in [0.3, 0.4) is 0 Å². The zero-order chi connectivity index (χ0) is 24.8. The minimum atomic E-state index is -0.885. The molecule has 10 heteroatoms. The maximum Gasteiger partial charge on any atom is 0.325 e. The van der Waals surface area contributed by atoms with E-state index in [1.165, 1.54) is 30.6 Å². The largest absolute Gasteiger partial charge is 0.490 e. The Labute approximate surface area is 200 Å². The van der Waals surface area contributed by atoms with Crippen LogP contribution in [0, 0.1) is 17.1 Å². The first-order chi connectivity index (χ1) is 17.0. The van der Waals surface area contributed by atoms with E-state index < -0.39 is 11.8 Å². The molecule has 2 heterocycles. The van der Waals surface area contributed by atoms with E-state index in [0.29, 0.717) is 34.6 Å². The summed E-state index contributed by atoms with van der Waals surface area (Å²) in [5.41, 5.74) is 6.21. The normalized spacial score (nSPS) is 10.5. The van der Waals surface area contributed by atoms with Crippen LogP contribution in [0.2, 0.25) is 0 Å². The molecule has 0 fully saturated rings. The van der Waals surface area contributed by atoms with Gasteiger partial charge in [0, 0.05) is 37.0 Å². The zero-order valence-corrected chi connectivity index (χ0v) is 18.6. The minimum Gasteiger partial charge on any atom is -0.490 e. The Morgan fingerprint density at radius 2 is 1.94 bits per heavy atom. The van der Waals surface area contributed by atoms with Gasteiger partial charge in [-0.05, 0) is 36.4 Å². The maximum atomic E-state index is 15.0. The highest BCUT2D eigenvalue weighted by atomic mass is 19.1. The number of aromatic nitrogens is 2. The molecule has 0 saturated carbocycles. The summed E-state index contributed by atoms with van der Waals surface area (Å²) in [5.74, 6) is 0.344. The molecule has 4 rings (SSSR count). The number of ether oxygens (including phenoxy) is 3. The Kier molecular flexibility index (Phi) is 6.99. The molecule has 0 spiro atoms. The summed E-state index contributed by atoms with van der Waals surface area (Å²) in [7, 11) is 1.56. The average molecular weight is 473 g/mol. The molecule has 176 valence electrons. The molecular formula is C25H20FN5O4. The number of benzene rings is 2. The van der Waals surface area contributed by atoms with Crippen molar-refractivity contribution in [1.29, 1.82) is 5.26 Å². The average Bonchev–Trinajstić information content (AvgIpc) is 2.86. The Balaban J connectivity index is 1.66. The summed E-state index contributed by atoms with van der Waals surface area (Å²) in [6.07, 6.45) is 3.00. The Morgan fingerprint density at radius 3 is 2.63 bits per heavy atom. The van der Waals surface area contributed by atoms with Gasteiger partial charge in [0.05, 0.1) is 23.4 Å². The van der Waals surface area contributed by atoms with Crippen molar-refractivity contribution in [2.45, 2.75) is 0 Å². The van der Waals surface area contributed by atoms with Crippen molar-refractivity contribution in [2.75, 3.05) is 25.2 Å². The summed E-state index contributed by atoms with van der Waals surface area (Å²) < 4.78 is 31.5. The summed E-state index contributed by atoms with van der Waals surface area (Å²) in [4.78, 5) is 21.4. The number of hydrogen-bond acceptors (Lipinski definition) is 7. The lowest BCUT2D eigenvalue weighted by molar-refractivity contribution is 0.146. The first kappa shape index (κ1) is 23.4. The molecule has 0 saturated heterocycles. The number of halogens is 1. The molecule has 9 nitrogen and oxygen atoms in total. The third-order valence-corrected chi connectivity index (χ3v) is 4.95. The number of carbonyl (C=O) groups is 1. The van der Waals surface area contributed by atoms with Gasteiger partial charge in [-0.2, -0.15) is 5.26 Å². The van der Waals surface area contributed by atoms with E-state index in [9.17, 15) is 10.1 Å². The van der Waals surface area contributed by atoms with Crippen molar-refractivity contribution in [2.24, 2.45) is 5.73 Å². The van der Waals surface area contributed by atoms with Crippen molar-refractivity contribution >= 4 is 28.4 Å². The van der Waals surface area contributed by atoms with Crippen molar-refractivity contribution in [1.82, 2.24) is 9.97 Å². The second-order valence-corrected chi connectivity index (χ2v) is 7.20. The molecule has 0 aliphatic heterocycles. The number of rotatable bonds is 8. The van der Waals surface area contributed by atoms with Gasteiger partial charge in [0.2, 0.25) is 0 Å². The Morgan fingerprint density at radius 1 is 1.09 bits per heavy atom. The molecule has 0 unspecified atom stereocenters. The molecule has 0 atom stereocenters. The van der Waals surface area contributed by atoms with Gasteiger partial charge in [-0.25, -0.2) is 19.1 Å². The first-order valence-corrected chi connectivity index (χ1v) is 10.4. The fraction of sp³-hybridized carbons (Fsp3) is 0.120. The Hall–Kier alpha value is -4.75. The number of nitrogens with two attached hydrogens (primary N) is 1. The van der Waals surface area contributed by atoms with Crippen LogP contribution in [0.25, 0.3) is 10.9 Å². The van der Waals surface area contributed by atoms with E-state index >= 15 is 4.39 Å². The molecule has 35 heavy (non-hydrogen) atoms. The monoisotopic (exact) mass is 473 g/mol. The second-order valence-electron chi connectivity index (χ2n) is 7.20. The minimum absolute atomic E-state index is 0.0762. The molecule has 2 N–H and O–H groups in total. The van der Waals surface area contributed by atoms with Crippen LogP contribution in [0.5, 0.6) is 17.2 Å². The third kappa shape index (κ3) is 5.10. The van der Waals surface area contributed by atoms with E-state index in [1.807, 2.05) is 0 Å². The lowest BCUT2D eigenvalue weighted by atomic mass is 10.1. The van der Waals surface area contributed by atoms with Crippen LogP contribution in [-0.4, -0.2) is 36.3 Å². The number of methoxy groups -OCH3 is 1. The fourth-order valence-electron chi connectivity index (χ4n) is 3.38. The van der Waals surface area contributed by atoms with E-state index in [-0.39, 0.29) is 23.9 Å². The molecular weight excluding hydrogens is 453 g/mol. The van der Waals surface area contributed by atoms with Crippen LogP contribution < -0.4 is 20.1 Å². The highest BCUT2D eigenvalue weighted by Crippen LogP contribution is 2.35. The molecule has 2 aromatic heterocycles. The second kappa shape index (κ2) is 10.5. The topological polar surface area (TPSA) is 124 Å². The van der Waals surface area contributed by atoms with Crippen LogP contribution in [-0.2, 0) is 4.74 Å². The highest BCUT2D eigenvalue weighted by Gasteiger charge is 2.21. The summed E-state index contributed by atoms with van der Waals surface area (Å²) in [6.45, 7) is 0.647. The van der Waals surface area contributed by atoms with Gasteiger partial charge in [-0.1, -0.05) is 6.07 Å². The Bertz CT molecular complexity index is 1410. The fourth-order valence-corrected chi connectivity index (χ4v) is 3.38. The maximum absolute atomic E-state index is 15.0. The van der Waals surface area contributed by atoms with Gasteiger partial charge in [-0.15, -0.1) is 0 Å². The number of nitrogens with zero attached hydrogens (tertiary/aromatic N) is 4. The number of hydrogen-bond donors (Lipinski definition) is 1. The van der Waals surface area contributed by atoms with Crippen LogP contribution >= 0.6 is 0 Å². The van der Waals surface area contributed by atoms with E-state index in [0.717, 1.165) is 11.0 Å². The number of pyridine rings is 2. The van der Waals surface area contributed by atoms with Crippen molar-refractivity contribution in [3.63, 3.8) is 0 Å². The van der Waals surface area contributed by atoms with Gasteiger partial charge < -0.3 is 19.9 Å². The van der Waals surface area contributed by atoms with Crippen molar-refractivity contribution in [3.05, 3.63) is 78.4 Å². The van der Waals surface area contributed by atoms with Crippen molar-refractivity contribution < 1.29 is 23.4 Å². The summed E-state index contributed by atoms with van der Waals surface area (Å²) >= 11 is 0. The van der Waals surface area contributed by atoms with Crippen LogP contribution in [0.1, 0.15) is 5.56 Å². The van der Waals surface area contributed by atoms with Gasteiger partial charge in [0.1, 0.15) is 35.7 Å². The summed E-state index contributed by atoms with van der Waals surface area (Å²) in [5, 5.41) is 10.1.